The molecule has 0 bridgehead atoms. The fourth-order valence-electron chi connectivity index (χ4n) is 2.81. The van der Waals surface area contributed by atoms with Crippen molar-refractivity contribution >= 4 is 17.5 Å². The zero-order chi connectivity index (χ0) is 17.3. The van der Waals surface area contributed by atoms with Crippen LogP contribution in [0.15, 0.2) is 36.4 Å². The molecule has 2 aromatic rings. The number of nitrogens with zero attached hydrogens (tertiary/aromatic N) is 1. The lowest BCUT2D eigenvalue weighted by Gasteiger charge is -2.28. The Hall–Kier alpha value is -2.76. The van der Waals surface area contributed by atoms with Gasteiger partial charge in [0.15, 0.2) is 0 Å². The van der Waals surface area contributed by atoms with E-state index in [1.54, 1.807) is 17.0 Å². The minimum absolute atomic E-state index is 0.0106. The Balaban J connectivity index is 1.83. The number of hydrogen-bond donors (Lipinski definition) is 1. The highest BCUT2D eigenvalue weighted by Crippen LogP contribution is 2.23. The molecule has 124 valence electrons. The van der Waals surface area contributed by atoms with E-state index in [9.17, 15) is 18.4 Å². The highest BCUT2D eigenvalue weighted by atomic mass is 19.1. The summed E-state index contributed by atoms with van der Waals surface area (Å²) in [6.45, 7) is 2.63. The van der Waals surface area contributed by atoms with Gasteiger partial charge in [-0.2, -0.15) is 0 Å². The number of halogens is 2. The first-order valence-electron chi connectivity index (χ1n) is 7.58. The maximum atomic E-state index is 13.7. The first-order chi connectivity index (χ1) is 11.5. The third-order valence-electron chi connectivity index (χ3n) is 4.11. The molecule has 2 amide bonds. The van der Waals surface area contributed by atoms with E-state index in [1.807, 2.05) is 6.07 Å². The van der Waals surface area contributed by atoms with Crippen LogP contribution in [0, 0.1) is 11.6 Å². The number of fused-ring (bicyclic) bond motifs is 1. The molecule has 3 rings (SSSR count). The molecule has 0 unspecified atom stereocenters. The Morgan fingerprint density at radius 2 is 1.79 bits per heavy atom. The van der Waals surface area contributed by atoms with Crippen molar-refractivity contribution in [1.29, 1.82) is 0 Å². The Morgan fingerprint density at radius 1 is 1.08 bits per heavy atom. The monoisotopic (exact) mass is 330 g/mol. The minimum atomic E-state index is -0.909. The molecular weight excluding hydrogens is 314 g/mol. The third-order valence-corrected chi connectivity index (χ3v) is 4.11. The fraction of sp³-hybridized carbons (Fsp3) is 0.222. The number of rotatable bonds is 2. The first-order valence-corrected chi connectivity index (χ1v) is 7.58. The van der Waals surface area contributed by atoms with Crippen LogP contribution < -0.4 is 5.32 Å². The summed E-state index contributed by atoms with van der Waals surface area (Å²) in [6, 6.07) is 8.57. The largest absolute Gasteiger partial charge is 0.338 e. The molecule has 0 spiro atoms. The van der Waals surface area contributed by atoms with Gasteiger partial charge in [-0.25, -0.2) is 8.78 Å². The fourth-order valence-corrected chi connectivity index (χ4v) is 2.81. The van der Waals surface area contributed by atoms with Crippen molar-refractivity contribution < 1.29 is 18.4 Å². The lowest BCUT2D eigenvalue weighted by molar-refractivity contribution is -0.129. The molecule has 0 fully saturated rings. The van der Waals surface area contributed by atoms with Gasteiger partial charge in [-0.15, -0.1) is 0 Å². The van der Waals surface area contributed by atoms with Crippen molar-refractivity contribution in [3.05, 3.63) is 64.7 Å². The molecule has 6 heteroatoms. The Morgan fingerprint density at radius 3 is 2.46 bits per heavy atom. The molecule has 0 saturated heterocycles. The van der Waals surface area contributed by atoms with Crippen LogP contribution in [0.3, 0.4) is 0 Å². The first kappa shape index (κ1) is 16.1. The topological polar surface area (TPSA) is 49.4 Å². The van der Waals surface area contributed by atoms with Crippen LogP contribution in [0.25, 0.3) is 0 Å². The molecular formula is C18H16F2N2O2. The van der Waals surface area contributed by atoms with Crippen LogP contribution in [0.4, 0.5) is 14.5 Å². The molecule has 1 aliphatic rings. The third kappa shape index (κ3) is 3.13. The highest BCUT2D eigenvalue weighted by Gasteiger charge is 2.20. The molecule has 0 saturated carbocycles. The van der Waals surface area contributed by atoms with Crippen molar-refractivity contribution in [2.45, 2.75) is 19.9 Å². The molecule has 1 heterocycles. The van der Waals surface area contributed by atoms with Crippen molar-refractivity contribution in [3.63, 3.8) is 0 Å². The minimum Gasteiger partial charge on any atom is -0.338 e. The predicted molar refractivity (Wildman–Crippen MR) is 85.5 cm³/mol. The number of carbonyl (C=O) groups excluding carboxylic acids is 2. The highest BCUT2D eigenvalue weighted by molar-refractivity contribution is 6.04. The van der Waals surface area contributed by atoms with E-state index in [0.717, 1.165) is 29.7 Å². The van der Waals surface area contributed by atoms with Crippen LogP contribution in [0.5, 0.6) is 0 Å². The second-order valence-corrected chi connectivity index (χ2v) is 5.72. The summed E-state index contributed by atoms with van der Waals surface area (Å²) < 4.78 is 27.3. The molecule has 1 N–H and O–H groups in total. The van der Waals surface area contributed by atoms with Gasteiger partial charge in [-0.3, -0.25) is 9.59 Å². The van der Waals surface area contributed by atoms with Crippen molar-refractivity contribution in [2.75, 3.05) is 11.9 Å². The van der Waals surface area contributed by atoms with Gasteiger partial charge < -0.3 is 10.2 Å². The second-order valence-electron chi connectivity index (χ2n) is 5.72. The quantitative estimate of drug-likeness (QED) is 0.920. The van der Waals surface area contributed by atoms with E-state index in [0.29, 0.717) is 18.8 Å². The van der Waals surface area contributed by atoms with Crippen LogP contribution in [-0.2, 0) is 17.8 Å². The van der Waals surface area contributed by atoms with E-state index in [1.165, 1.54) is 13.0 Å². The van der Waals surface area contributed by atoms with Gasteiger partial charge in [0, 0.05) is 25.7 Å². The predicted octanol–water partition coefficient (Wildman–Crippen LogP) is 3.12. The molecule has 0 aromatic heterocycles. The van der Waals surface area contributed by atoms with Crippen molar-refractivity contribution in [2.24, 2.45) is 0 Å². The van der Waals surface area contributed by atoms with Crippen LogP contribution in [0.1, 0.15) is 28.4 Å². The van der Waals surface area contributed by atoms with Crippen LogP contribution in [-0.4, -0.2) is 23.3 Å². The number of amides is 2. The molecule has 24 heavy (non-hydrogen) atoms. The van der Waals surface area contributed by atoms with Crippen molar-refractivity contribution in [3.8, 4) is 0 Å². The number of carbonyl (C=O) groups is 2. The van der Waals surface area contributed by atoms with Gasteiger partial charge in [0.1, 0.15) is 17.2 Å². The molecule has 0 atom stereocenters. The van der Waals surface area contributed by atoms with Crippen LogP contribution in [0.2, 0.25) is 0 Å². The molecule has 0 aliphatic carbocycles. The van der Waals surface area contributed by atoms with E-state index in [2.05, 4.69) is 5.32 Å². The molecule has 1 aliphatic heterocycles. The summed E-state index contributed by atoms with van der Waals surface area (Å²) in [4.78, 5) is 25.4. The Labute approximate surface area is 138 Å². The lowest BCUT2D eigenvalue weighted by atomic mass is 9.99. The zero-order valence-corrected chi connectivity index (χ0v) is 13.1. The summed E-state index contributed by atoms with van der Waals surface area (Å²) in [5.74, 6) is -2.67. The summed E-state index contributed by atoms with van der Waals surface area (Å²) in [5, 5.41) is 2.51. The standard InChI is InChI=1S/C18H16F2N2O2/c1-11(23)22-8-7-12-5-6-14(9-13(12)10-22)21-18(24)17-15(19)3-2-4-16(17)20/h2-6,9H,7-8,10H2,1H3,(H,21,24). The average Bonchev–Trinajstić information content (AvgIpc) is 2.54. The normalized spacial score (nSPS) is 13.4. The number of nitrogens with one attached hydrogen (secondary N) is 1. The van der Waals surface area contributed by atoms with E-state index >= 15 is 0 Å². The van der Waals surface area contributed by atoms with E-state index in [-0.39, 0.29) is 5.91 Å². The second kappa shape index (κ2) is 6.39. The number of anilines is 1. The van der Waals surface area contributed by atoms with E-state index in [4.69, 9.17) is 0 Å². The van der Waals surface area contributed by atoms with Gasteiger partial charge in [0.05, 0.1) is 0 Å². The summed E-state index contributed by atoms with van der Waals surface area (Å²) in [7, 11) is 0. The van der Waals surface area contributed by atoms with Gasteiger partial charge in [0.25, 0.3) is 5.91 Å². The molecule has 0 radical (unpaired) electrons. The summed E-state index contributed by atoms with van der Waals surface area (Å²) in [6.07, 6.45) is 0.741. The summed E-state index contributed by atoms with van der Waals surface area (Å²) >= 11 is 0. The van der Waals surface area contributed by atoms with Gasteiger partial charge in [-0.1, -0.05) is 12.1 Å². The molecule has 2 aromatic carbocycles. The Bertz CT molecular complexity index is 800. The number of hydrogen-bond acceptors (Lipinski definition) is 2. The SMILES string of the molecule is CC(=O)N1CCc2ccc(NC(=O)c3c(F)cccc3F)cc2C1. The lowest BCUT2D eigenvalue weighted by Crippen LogP contribution is -2.34. The zero-order valence-electron chi connectivity index (χ0n) is 13.1. The van der Waals surface area contributed by atoms with E-state index < -0.39 is 23.1 Å². The Kier molecular flexibility index (Phi) is 4.29. The smallest absolute Gasteiger partial charge is 0.261 e. The van der Waals surface area contributed by atoms with Gasteiger partial charge >= 0.3 is 0 Å². The van der Waals surface area contributed by atoms with Crippen molar-refractivity contribution in [1.82, 2.24) is 4.90 Å². The van der Waals surface area contributed by atoms with Gasteiger partial charge in [0.2, 0.25) is 5.91 Å². The maximum Gasteiger partial charge on any atom is 0.261 e. The summed E-state index contributed by atoms with van der Waals surface area (Å²) in [5.41, 5.74) is 1.85. The molecule has 4 nitrogen and oxygen atoms in total. The van der Waals surface area contributed by atoms with Gasteiger partial charge in [-0.05, 0) is 41.8 Å². The number of benzene rings is 2. The average molecular weight is 330 g/mol. The van der Waals surface area contributed by atoms with Crippen LogP contribution >= 0.6 is 0 Å². The maximum absolute atomic E-state index is 13.7.